The van der Waals surface area contributed by atoms with Crippen LogP contribution in [0.4, 0.5) is 0 Å². The highest BCUT2D eigenvalue weighted by molar-refractivity contribution is 5.95. The molecule has 1 aliphatic carbocycles. The van der Waals surface area contributed by atoms with Gasteiger partial charge in [-0.1, -0.05) is 61.1 Å². The van der Waals surface area contributed by atoms with Gasteiger partial charge in [0.1, 0.15) is 0 Å². The maximum atomic E-state index is 12.5. The van der Waals surface area contributed by atoms with Gasteiger partial charge < -0.3 is 20.2 Å². The first-order valence-electron chi connectivity index (χ1n) is 14.8. The largest absolute Gasteiger partial charge is 0.392 e. The molecule has 41 heavy (non-hydrogen) atoms. The number of hydrogen-bond donors (Lipinski definition) is 3. The molecule has 10 heteroatoms. The molecule has 1 fully saturated rings. The number of aryl methyl sites for hydroxylation is 1. The molecule has 0 aliphatic heterocycles. The van der Waals surface area contributed by atoms with E-state index in [2.05, 4.69) is 4.84 Å². The Morgan fingerprint density at radius 3 is 2.29 bits per heavy atom. The molecule has 2 amide bonds. The molecule has 10 nitrogen and oxygen atoms in total. The van der Waals surface area contributed by atoms with E-state index in [0.29, 0.717) is 45.1 Å². The van der Waals surface area contributed by atoms with E-state index < -0.39 is 23.4 Å². The third-order valence-electron chi connectivity index (χ3n) is 7.46. The highest BCUT2D eigenvalue weighted by atomic mass is 16.9. The normalized spacial score (nSPS) is 21.4. The van der Waals surface area contributed by atoms with Crippen molar-refractivity contribution in [3.8, 4) is 0 Å². The number of unbranched alkanes of at least 4 members (excludes halogenated alkanes) is 4. The van der Waals surface area contributed by atoms with Crippen molar-refractivity contribution in [1.29, 1.82) is 0 Å². The van der Waals surface area contributed by atoms with Crippen molar-refractivity contribution < 1.29 is 34.8 Å². The van der Waals surface area contributed by atoms with E-state index in [9.17, 15) is 35.0 Å². The number of amides is 2. The topological polar surface area (TPSA) is 150 Å². The van der Waals surface area contributed by atoms with Crippen LogP contribution in [-0.4, -0.2) is 68.6 Å². The second kappa shape index (κ2) is 19.1. The number of carbonyl (C=O) groups excluding carboxylic acids is 2. The average Bonchev–Trinajstić information content (AvgIpc) is 3.22. The molecular weight excluding hydrogens is 528 g/mol. The first kappa shape index (κ1) is 34.1. The van der Waals surface area contributed by atoms with Crippen LogP contribution in [0.1, 0.15) is 76.7 Å². The number of nitrogens with zero attached hydrogens (tertiary/aromatic N) is 2. The predicted molar refractivity (Wildman–Crippen MR) is 155 cm³/mol. The van der Waals surface area contributed by atoms with Crippen molar-refractivity contribution in [2.75, 3.05) is 13.2 Å². The lowest BCUT2D eigenvalue weighted by atomic mass is 9.91. The Balaban J connectivity index is 1.70. The van der Waals surface area contributed by atoms with Gasteiger partial charge in [-0.05, 0) is 57.4 Å². The van der Waals surface area contributed by atoms with E-state index in [4.69, 9.17) is 0 Å². The lowest BCUT2D eigenvalue weighted by Gasteiger charge is -2.19. The number of aliphatic hydroxyl groups excluding tert-OH is 3. The van der Waals surface area contributed by atoms with Gasteiger partial charge in [-0.2, -0.15) is 0 Å². The molecule has 1 aliphatic rings. The van der Waals surface area contributed by atoms with Crippen molar-refractivity contribution in [2.24, 2.45) is 11.8 Å². The van der Waals surface area contributed by atoms with Gasteiger partial charge in [0, 0.05) is 37.6 Å². The summed E-state index contributed by atoms with van der Waals surface area (Å²) in [5, 5.41) is 40.6. The van der Waals surface area contributed by atoms with Crippen molar-refractivity contribution in [3.05, 3.63) is 70.3 Å². The summed E-state index contributed by atoms with van der Waals surface area (Å²) in [6.45, 7) is 2.07. The van der Waals surface area contributed by atoms with Gasteiger partial charge >= 0.3 is 0 Å². The molecule has 0 heterocycles. The zero-order valence-corrected chi connectivity index (χ0v) is 24.1. The van der Waals surface area contributed by atoms with Crippen LogP contribution in [0.3, 0.4) is 0 Å². The van der Waals surface area contributed by atoms with E-state index >= 15 is 0 Å². The smallest absolute Gasteiger partial charge is 0.294 e. The summed E-state index contributed by atoms with van der Waals surface area (Å²) >= 11 is 0. The number of aliphatic hydroxyl groups is 3. The van der Waals surface area contributed by atoms with Crippen LogP contribution < -0.4 is 0 Å². The summed E-state index contributed by atoms with van der Waals surface area (Å²) < 4.78 is 0. The van der Waals surface area contributed by atoms with Crippen LogP contribution in [0.2, 0.25) is 0 Å². The van der Waals surface area contributed by atoms with Gasteiger partial charge in [-0.15, -0.1) is 10.1 Å². The molecule has 2 rings (SSSR count). The number of benzene rings is 1. The summed E-state index contributed by atoms with van der Waals surface area (Å²) in [6.07, 6.45) is 11.2. The van der Waals surface area contributed by atoms with Crippen molar-refractivity contribution in [2.45, 2.75) is 95.9 Å². The minimum atomic E-state index is -0.836. The first-order valence-corrected chi connectivity index (χ1v) is 14.8. The fourth-order valence-electron chi connectivity index (χ4n) is 5.15. The molecule has 1 saturated carbocycles. The lowest BCUT2D eigenvalue weighted by Crippen LogP contribution is -2.36. The van der Waals surface area contributed by atoms with Gasteiger partial charge in [-0.3, -0.25) is 14.5 Å². The Morgan fingerprint density at radius 1 is 1.02 bits per heavy atom. The number of allylic oxidation sites excluding steroid dienone is 1. The Bertz CT molecular complexity index is 984. The van der Waals surface area contributed by atoms with Gasteiger partial charge in [0.25, 0.3) is 5.09 Å². The second-order valence-electron chi connectivity index (χ2n) is 10.6. The van der Waals surface area contributed by atoms with Crippen LogP contribution in [0, 0.1) is 22.0 Å². The van der Waals surface area contributed by atoms with Gasteiger partial charge in [-0.25, -0.2) is 0 Å². The maximum absolute atomic E-state index is 12.5. The number of imide groups is 1. The molecule has 0 bridgehead atoms. The van der Waals surface area contributed by atoms with Crippen LogP contribution in [0.15, 0.2) is 54.6 Å². The second-order valence-corrected chi connectivity index (χ2v) is 10.6. The molecule has 0 spiro atoms. The lowest BCUT2D eigenvalue weighted by molar-refractivity contribution is -0.757. The zero-order valence-electron chi connectivity index (χ0n) is 24.1. The summed E-state index contributed by atoms with van der Waals surface area (Å²) in [7, 11) is 0. The molecule has 228 valence electrons. The molecule has 0 radical (unpaired) electrons. The van der Waals surface area contributed by atoms with E-state index in [1.807, 2.05) is 48.6 Å². The summed E-state index contributed by atoms with van der Waals surface area (Å²) in [5.74, 6) is -0.961. The summed E-state index contributed by atoms with van der Waals surface area (Å²) in [5.41, 5.74) is 1.16. The zero-order chi connectivity index (χ0) is 30.0. The first-order chi connectivity index (χ1) is 19.7. The van der Waals surface area contributed by atoms with Crippen LogP contribution >= 0.6 is 0 Å². The summed E-state index contributed by atoms with van der Waals surface area (Å²) in [4.78, 5) is 40.6. The molecule has 0 unspecified atom stereocenters. The Morgan fingerprint density at radius 2 is 1.66 bits per heavy atom. The monoisotopic (exact) mass is 574 g/mol. The quantitative estimate of drug-likeness (QED) is 0.0965. The van der Waals surface area contributed by atoms with Crippen LogP contribution in [-0.2, 0) is 20.8 Å². The minimum absolute atomic E-state index is 0.00201. The van der Waals surface area contributed by atoms with Crippen molar-refractivity contribution >= 4 is 11.8 Å². The Hall–Kier alpha value is -3.08. The third-order valence-corrected chi connectivity index (χ3v) is 7.46. The Kier molecular flexibility index (Phi) is 15.9. The number of hydrogen-bond acceptors (Lipinski definition) is 8. The van der Waals surface area contributed by atoms with Gasteiger partial charge in [0.05, 0.1) is 24.9 Å². The third kappa shape index (κ3) is 13.0. The molecule has 1 aromatic rings. The Labute approximate surface area is 242 Å². The molecule has 1 aromatic carbocycles. The van der Waals surface area contributed by atoms with Gasteiger partial charge in [0.2, 0.25) is 11.8 Å². The van der Waals surface area contributed by atoms with E-state index in [0.717, 1.165) is 18.4 Å². The maximum Gasteiger partial charge on any atom is 0.294 e. The predicted octanol–water partition coefficient (Wildman–Crippen LogP) is 4.15. The number of rotatable bonds is 19. The van der Waals surface area contributed by atoms with E-state index in [-0.39, 0.29) is 49.5 Å². The molecular formula is C31H46N2O8. The standard InChI is InChI=1S/C31H46N2O8/c1-2-32(31(38)17-11-6-12-22-41-33(39)40)30(37)16-10-4-3-9-15-26-27(29(36)23-28(26)35)21-20-25(34)19-18-24-13-7-5-8-14-24/h5,7-9,13-15,20-21,25-29,34-36H,2-4,6,10-12,16-19,22-23H2,1H3/t25-,26+,27+,28-,29+/m0/s1. The molecule has 5 atom stereocenters. The van der Waals surface area contributed by atoms with Crippen molar-refractivity contribution in [1.82, 2.24) is 4.90 Å². The van der Waals surface area contributed by atoms with Gasteiger partial charge in [0.15, 0.2) is 0 Å². The molecule has 3 N–H and O–H groups in total. The molecule has 0 saturated heterocycles. The fourth-order valence-corrected chi connectivity index (χ4v) is 5.15. The molecule has 0 aromatic heterocycles. The minimum Gasteiger partial charge on any atom is -0.392 e. The van der Waals surface area contributed by atoms with Crippen LogP contribution in [0.25, 0.3) is 0 Å². The van der Waals surface area contributed by atoms with Crippen LogP contribution in [0.5, 0.6) is 0 Å². The fraction of sp³-hybridized carbons (Fsp3) is 0.613. The highest BCUT2D eigenvalue weighted by Crippen LogP contribution is 2.35. The van der Waals surface area contributed by atoms with E-state index in [1.165, 1.54) is 4.90 Å². The van der Waals surface area contributed by atoms with E-state index in [1.54, 1.807) is 13.0 Å². The number of carbonyl (C=O) groups is 2. The SMILES string of the molecule is CCN(C(=O)CCCCC=C[C@@H]1[C@@H](C=C[C@@H](O)CCc2ccccc2)[C@H](O)C[C@@H]1O)C(=O)CCCCCO[N+](=O)[O-]. The summed E-state index contributed by atoms with van der Waals surface area (Å²) in [6, 6.07) is 9.94. The highest BCUT2D eigenvalue weighted by Gasteiger charge is 2.38. The average molecular weight is 575 g/mol. The van der Waals surface area contributed by atoms with Crippen molar-refractivity contribution in [3.63, 3.8) is 0 Å².